The van der Waals surface area contributed by atoms with Gasteiger partial charge in [-0.25, -0.2) is 0 Å². The minimum atomic E-state index is -0.899. The summed E-state index contributed by atoms with van der Waals surface area (Å²) in [6.07, 6.45) is 18.9. The van der Waals surface area contributed by atoms with Crippen LogP contribution in [0.15, 0.2) is 49.6 Å². The number of rotatable bonds is 14. The second-order valence-electron chi connectivity index (χ2n) is 5.98. The molecule has 0 N–H and O–H groups in total. The van der Waals surface area contributed by atoms with Crippen LogP contribution in [0.1, 0.15) is 65.2 Å². The summed E-state index contributed by atoms with van der Waals surface area (Å²) in [5.74, 6) is -0.0898. The van der Waals surface area contributed by atoms with Gasteiger partial charge in [-0.15, -0.1) is 13.2 Å². The van der Waals surface area contributed by atoms with Gasteiger partial charge in [0.25, 0.3) is 0 Å². The Labute approximate surface area is 142 Å². The van der Waals surface area contributed by atoms with Crippen LogP contribution in [0, 0.1) is 5.41 Å². The molecule has 0 amide bonds. The maximum absolute atomic E-state index is 12.1. The van der Waals surface area contributed by atoms with Gasteiger partial charge >= 0.3 is 0 Å². The fourth-order valence-electron chi connectivity index (χ4n) is 2.47. The average molecular weight is 316 g/mol. The van der Waals surface area contributed by atoms with Gasteiger partial charge in [0.2, 0.25) is 0 Å². The number of allylic oxidation sites excluding steroid dienone is 6. The van der Waals surface area contributed by atoms with Crippen LogP contribution in [-0.2, 0) is 9.59 Å². The number of Topliss-reactive ketones (excluding diaryl/α,β-unsaturated/α-hetero) is 2. The average Bonchev–Trinajstić information content (AvgIpc) is 2.51. The van der Waals surface area contributed by atoms with E-state index in [9.17, 15) is 9.59 Å². The van der Waals surface area contributed by atoms with Gasteiger partial charge < -0.3 is 0 Å². The molecule has 0 saturated heterocycles. The van der Waals surface area contributed by atoms with Crippen molar-refractivity contribution in [2.75, 3.05) is 0 Å². The molecule has 23 heavy (non-hydrogen) atoms. The fraction of sp³-hybridized carbons (Fsp3) is 0.524. The molecule has 0 atom stereocenters. The lowest BCUT2D eigenvalue weighted by atomic mass is 9.74. The van der Waals surface area contributed by atoms with E-state index in [1.54, 1.807) is 0 Å². The van der Waals surface area contributed by atoms with E-state index in [1.807, 2.05) is 24.3 Å². The highest BCUT2D eigenvalue weighted by Gasteiger charge is 2.37. The minimum absolute atomic E-state index is 0.0449. The smallest absolute Gasteiger partial charge is 0.143 e. The van der Waals surface area contributed by atoms with E-state index < -0.39 is 5.41 Å². The van der Waals surface area contributed by atoms with E-state index in [2.05, 4.69) is 25.3 Å². The third-order valence-electron chi connectivity index (χ3n) is 4.17. The molecule has 0 aliphatic heterocycles. The zero-order valence-electron chi connectivity index (χ0n) is 14.9. The first kappa shape index (κ1) is 21.3. The molecule has 2 nitrogen and oxygen atoms in total. The largest absolute Gasteiger partial charge is 0.299 e. The van der Waals surface area contributed by atoms with Crippen LogP contribution in [0.5, 0.6) is 0 Å². The summed E-state index contributed by atoms with van der Waals surface area (Å²) in [6.45, 7) is 10.4. The van der Waals surface area contributed by atoms with Crippen molar-refractivity contribution in [1.29, 1.82) is 0 Å². The lowest BCUT2D eigenvalue weighted by Crippen LogP contribution is -2.35. The minimum Gasteiger partial charge on any atom is -0.299 e. The number of hydrogen-bond donors (Lipinski definition) is 0. The maximum Gasteiger partial charge on any atom is 0.143 e. The first-order chi connectivity index (χ1) is 11.0. The molecule has 128 valence electrons. The number of carbonyl (C=O) groups excluding carboxylic acids is 2. The second-order valence-corrected chi connectivity index (χ2v) is 5.98. The molecule has 0 spiro atoms. The van der Waals surface area contributed by atoms with Gasteiger partial charge in [-0.05, 0) is 65.2 Å². The van der Waals surface area contributed by atoms with Crippen molar-refractivity contribution in [2.24, 2.45) is 5.41 Å². The molecule has 0 aliphatic carbocycles. The molecule has 0 fully saturated rings. The molecule has 2 heteroatoms. The summed E-state index contributed by atoms with van der Waals surface area (Å²) >= 11 is 0. The predicted molar refractivity (Wildman–Crippen MR) is 99.4 cm³/mol. The van der Waals surface area contributed by atoms with E-state index in [0.717, 1.165) is 38.5 Å². The highest BCUT2D eigenvalue weighted by Crippen LogP contribution is 2.31. The SMILES string of the molecule is C=CCCC/C=C/CC(C/C=C/CCCC=C)(C(C)=O)C(C)=O. The lowest BCUT2D eigenvalue weighted by Gasteiger charge is -2.26. The Kier molecular flexibility index (Phi) is 11.9. The third-order valence-corrected chi connectivity index (χ3v) is 4.17. The van der Waals surface area contributed by atoms with Gasteiger partial charge in [0.05, 0.1) is 5.41 Å². The van der Waals surface area contributed by atoms with Crippen molar-refractivity contribution >= 4 is 11.6 Å². The summed E-state index contributed by atoms with van der Waals surface area (Å²) in [6, 6.07) is 0. The lowest BCUT2D eigenvalue weighted by molar-refractivity contribution is -0.138. The predicted octanol–water partition coefficient (Wildman–Crippen LogP) is 5.76. The Balaban J connectivity index is 4.70. The molecule has 0 bridgehead atoms. The molecule has 0 saturated carbocycles. The molecule has 0 unspecified atom stereocenters. The van der Waals surface area contributed by atoms with Gasteiger partial charge in [0, 0.05) is 0 Å². The second kappa shape index (κ2) is 12.8. The summed E-state index contributed by atoms with van der Waals surface area (Å²) in [5, 5.41) is 0. The van der Waals surface area contributed by atoms with Gasteiger partial charge in [0.1, 0.15) is 11.6 Å². The van der Waals surface area contributed by atoms with Gasteiger partial charge in [-0.2, -0.15) is 0 Å². The van der Waals surface area contributed by atoms with Crippen molar-refractivity contribution in [3.8, 4) is 0 Å². The first-order valence-corrected chi connectivity index (χ1v) is 8.55. The Morgan fingerprint density at radius 3 is 1.43 bits per heavy atom. The van der Waals surface area contributed by atoms with Crippen LogP contribution in [0.4, 0.5) is 0 Å². The van der Waals surface area contributed by atoms with Crippen molar-refractivity contribution in [2.45, 2.75) is 65.2 Å². The van der Waals surface area contributed by atoms with Crippen molar-refractivity contribution < 1.29 is 9.59 Å². The van der Waals surface area contributed by atoms with Gasteiger partial charge in [-0.3, -0.25) is 9.59 Å². The zero-order chi connectivity index (χ0) is 17.6. The summed E-state index contributed by atoms with van der Waals surface area (Å²) in [4.78, 5) is 24.2. The summed E-state index contributed by atoms with van der Waals surface area (Å²) in [7, 11) is 0. The van der Waals surface area contributed by atoms with Crippen molar-refractivity contribution in [3.63, 3.8) is 0 Å². The monoisotopic (exact) mass is 316 g/mol. The number of unbranched alkanes of at least 4 members (excludes halogenated alkanes) is 4. The van der Waals surface area contributed by atoms with Crippen molar-refractivity contribution in [1.82, 2.24) is 0 Å². The number of hydrogen-bond acceptors (Lipinski definition) is 2. The fourth-order valence-corrected chi connectivity index (χ4v) is 2.47. The van der Waals surface area contributed by atoms with E-state index in [1.165, 1.54) is 13.8 Å². The third kappa shape index (κ3) is 8.49. The maximum atomic E-state index is 12.1. The normalized spacial score (nSPS) is 11.9. The zero-order valence-corrected chi connectivity index (χ0v) is 14.9. The molecule has 0 radical (unpaired) electrons. The van der Waals surface area contributed by atoms with Crippen LogP contribution in [0.25, 0.3) is 0 Å². The standard InChI is InChI=1S/C21H32O2/c1-5-7-9-11-13-15-17-21(19(3)22,20(4)23)18-16-14-12-10-8-6-2/h5-6,13-16H,1-2,7-12,17-18H2,3-4H3/b15-13+,16-14+. The molecular weight excluding hydrogens is 284 g/mol. The quantitative estimate of drug-likeness (QED) is 0.232. The van der Waals surface area contributed by atoms with E-state index in [4.69, 9.17) is 0 Å². The molecule has 0 rings (SSSR count). The molecular formula is C21H32O2. The van der Waals surface area contributed by atoms with Crippen LogP contribution >= 0.6 is 0 Å². The molecule has 0 aromatic heterocycles. The van der Waals surface area contributed by atoms with Crippen LogP contribution in [-0.4, -0.2) is 11.6 Å². The van der Waals surface area contributed by atoms with Crippen LogP contribution < -0.4 is 0 Å². The number of carbonyl (C=O) groups is 2. The topological polar surface area (TPSA) is 34.1 Å². The molecule has 0 aliphatic rings. The Morgan fingerprint density at radius 1 is 0.739 bits per heavy atom. The Hall–Kier alpha value is -1.70. The Morgan fingerprint density at radius 2 is 1.13 bits per heavy atom. The van der Waals surface area contributed by atoms with E-state index in [-0.39, 0.29) is 11.6 Å². The highest BCUT2D eigenvalue weighted by molar-refractivity contribution is 6.05. The summed E-state index contributed by atoms with van der Waals surface area (Å²) in [5.41, 5.74) is -0.899. The molecule has 0 heterocycles. The highest BCUT2D eigenvalue weighted by atomic mass is 16.2. The molecule has 0 aromatic carbocycles. The van der Waals surface area contributed by atoms with Crippen LogP contribution in [0.2, 0.25) is 0 Å². The molecule has 0 aromatic rings. The van der Waals surface area contributed by atoms with E-state index in [0.29, 0.717) is 12.8 Å². The van der Waals surface area contributed by atoms with Crippen molar-refractivity contribution in [3.05, 3.63) is 49.6 Å². The summed E-state index contributed by atoms with van der Waals surface area (Å²) < 4.78 is 0. The number of ketones is 2. The van der Waals surface area contributed by atoms with E-state index >= 15 is 0 Å². The first-order valence-electron chi connectivity index (χ1n) is 8.55. The van der Waals surface area contributed by atoms with Crippen LogP contribution in [0.3, 0.4) is 0 Å². The van der Waals surface area contributed by atoms with Gasteiger partial charge in [-0.1, -0.05) is 36.5 Å². The van der Waals surface area contributed by atoms with Gasteiger partial charge in [0.15, 0.2) is 0 Å². The Bertz CT molecular complexity index is 399.